The third kappa shape index (κ3) is 7.75. The van der Waals surface area contributed by atoms with E-state index in [0.717, 1.165) is 38.5 Å². The Morgan fingerprint density at radius 2 is 1.80 bits per heavy atom. The average molecular weight is 854 g/mol. The number of rotatable bonds is 6. The summed E-state index contributed by atoms with van der Waals surface area (Å²) in [4.78, 5) is 67.8. The number of amides is 4. The maximum atomic E-state index is 14.9. The number of fused-ring (bicyclic) bond motifs is 7. The van der Waals surface area contributed by atoms with Gasteiger partial charge in [-0.25, -0.2) is 32.0 Å². The molecule has 2 bridgehead atoms. The molecule has 8 rings (SSSR count). The minimum atomic E-state index is -4.25. The summed E-state index contributed by atoms with van der Waals surface area (Å²) in [5.74, 6) is -4.11. The van der Waals surface area contributed by atoms with Crippen LogP contribution < -0.4 is 20.1 Å². The van der Waals surface area contributed by atoms with Crippen LogP contribution in [0, 0.1) is 46.3 Å². The smallest absolute Gasteiger partial charge is 0.408 e. The Kier molecular flexibility index (Phi) is 10.6. The predicted octanol–water partition coefficient (Wildman–Crippen LogP) is 4.52. The molecule has 15 nitrogen and oxygen atoms in total. The number of aryl methyl sites for hydroxylation is 1. The lowest BCUT2D eigenvalue weighted by Gasteiger charge is -2.36. The predicted molar refractivity (Wildman–Crippen MR) is 212 cm³/mol. The van der Waals surface area contributed by atoms with Gasteiger partial charge in [0.15, 0.2) is 0 Å². The number of hydrogen-bond acceptors (Lipinski definition) is 11. The number of hydrogen-bond donors (Lipinski definition) is 3. The first-order valence-corrected chi connectivity index (χ1v) is 22.6. The minimum absolute atomic E-state index is 0.157. The molecule has 60 heavy (non-hydrogen) atoms. The molecule has 2 aromatic rings. The zero-order chi connectivity index (χ0) is 43.1. The molecule has 18 heteroatoms. The Bertz CT molecular complexity index is 2260. The van der Waals surface area contributed by atoms with Gasteiger partial charge in [0.1, 0.15) is 35.5 Å². The SMILES string of the molecule is C[C@@H]1[C@@H]2CN(C(=O)[C@H](C(C)(C)C)NC(=O)O[C@@H]3C[C@@H]4C[C@@H]4[C@H]3CCCCCc3nc4ccc(C#N)cc4nc3O2)[C@@H]1C(=O)N[C@]1(C(=O)NS(=O)(=O)C2(C)CC2)C[C@H]1C(F)F. The first-order chi connectivity index (χ1) is 28.2. The van der Waals surface area contributed by atoms with Crippen LogP contribution in [0.4, 0.5) is 13.6 Å². The summed E-state index contributed by atoms with van der Waals surface area (Å²) in [5.41, 5.74) is -1.31. The van der Waals surface area contributed by atoms with Crippen LogP contribution in [0.25, 0.3) is 11.0 Å². The number of sulfonamides is 1. The van der Waals surface area contributed by atoms with E-state index in [4.69, 9.17) is 19.4 Å². The number of nitrogens with zero attached hydrogens (tertiary/aromatic N) is 4. The van der Waals surface area contributed by atoms with Crippen LogP contribution in [0.2, 0.25) is 0 Å². The molecule has 10 atom stereocenters. The fourth-order valence-corrected chi connectivity index (χ4v) is 11.0. The van der Waals surface area contributed by atoms with Gasteiger partial charge < -0.3 is 25.0 Å². The highest BCUT2D eigenvalue weighted by Crippen LogP contribution is 2.58. The lowest BCUT2D eigenvalue weighted by Crippen LogP contribution is -2.61. The maximum absolute atomic E-state index is 14.9. The maximum Gasteiger partial charge on any atom is 0.408 e. The molecule has 1 saturated heterocycles. The molecule has 4 amide bonds. The normalized spacial score (nSPS) is 33.7. The molecule has 2 aliphatic heterocycles. The second kappa shape index (κ2) is 15.1. The monoisotopic (exact) mass is 853 g/mol. The molecule has 4 saturated carbocycles. The van der Waals surface area contributed by atoms with Gasteiger partial charge in [-0.15, -0.1) is 0 Å². The molecular formula is C42H53F2N7O8S. The summed E-state index contributed by atoms with van der Waals surface area (Å²) in [6.07, 6.45) is 0.720. The van der Waals surface area contributed by atoms with E-state index in [1.165, 1.54) is 11.8 Å². The lowest BCUT2D eigenvalue weighted by atomic mass is 9.85. The van der Waals surface area contributed by atoms with Gasteiger partial charge in [-0.05, 0) is 99.7 Å². The average Bonchev–Trinajstić information content (AvgIpc) is 4.13. The molecule has 324 valence electrons. The molecule has 3 N–H and O–H groups in total. The number of nitrogens with one attached hydrogen (secondary N) is 3. The van der Waals surface area contributed by atoms with Gasteiger partial charge in [-0.2, -0.15) is 5.26 Å². The highest BCUT2D eigenvalue weighted by atomic mass is 32.2. The molecule has 1 aromatic heterocycles. The zero-order valence-corrected chi connectivity index (χ0v) is 35.3. The van der Waals surface area contributed by atoms with Crippen molar-refractivity contribution >= 4 is 44.9 Å². The van der Waals surface area contributed by atoms with Crippen LogP contribution in [-0.4, -0.2) is 94.6 Å². The molecule has 0 unspecified atom stereocenters. The first kappa shape index (κ1) is 42.0. The number of alkyl carbamates (subject to hydrolysis) is 1. The fourth-order valence-electron chi connectivity index (χ4n) is 9.69. The summed E-state index contributed by atoms with van der Waals surface area (Å²) < 4.78 is 68.3. The number of alkyl halides is 2. The van der Waals surface area contributed by atoms with Crippen LogP contribution in [0.1, 0.15) is 104 Å². The number of carbonyl (C=O) groups excluding carboxylic acids is 4. The summed E-state index contributed by atoms with van der Waals surface area (Å²) >= 11 is 0. The van der Waals surface area contributed by atoms with Gasteiger partial charge in [0.25, 0.3) is 5.91 Å². The van der Waals surface area contributed by atoms with Gasteiger partial charge in [-0.3, -0.25) is 19.1 Å². The number of halogens is 2. The highest BCUT2D eigenvalue weighted by Gasteiger charge is 2.68. The molecule has 5 fully saturated rings. The van der Waals surface area contributed by atoms with Crippen molar-refractivity contribution in [2.75, 3.05) is 6.54 Å². The van der Waals surface area contributed by atoms with Crippen molar-refractivity contribution in [1.29, 1.82) is 5.26 Å². The van der Waals surface area contributed by atoms with E-state index < -0.39 is 92.4 Å². The fraction of sp³-hybridized carbons (Fsp3) is 0.690. The third-order valence-corrected chi connectivity index (χ3v) is 16.1. The number of nitriles is 1. The first-order valence-electron chi connectivity index (χ1n) is 21.1. The van der Waals surface area contributed by atoms with Crippen LogP contribution in [0.5, 0.6) is 5.88 Å². The van der Waals surface area contributed by atoms with E-state index in [0.29, 0.717) is 40.5 Å². The van der Waals surface area contributed by atoms with Crippen LogP contribution in [-0.2, 0) is 35.6 Å². The third-order valence-electron chi connectivity index (χ3n) is 14.0. The van der Waals surface area contributed by atoms with Crippen LogP contribution >= 0.6 is 0 Å². The quantitative estimate of drug-likeness (QED) is 0.368. The largest absolute Gasteiger partial charge is 0.471 e. The van der Waals surface area contributed by atoms with Crippen molar-refractivity contribution in [3.8, 4) is 11.9 Å². The van der Waals surface area contributed by atoms with Crippen molar-refractivity contribution in [1.82, 2.24) is 30.2 Å². The summed E-state index contributed by atoms with van der Waals surface area (Å²) in [6.45, 7) is 8.14. The molecule has 0 radical (unpaired) electrons. The standard InChI is InChI=1S/C42H53F2N7O8S/c1-21-31-20-51(32(21)35(52)49-42(18-26(42)34(43)44)38(54)50-60(56,57)41(5)13-14-41)37(53)33(40(2,3)4)48-39(55)59-30-17-23-16-25(23)24(30)9-7-6-8-10-28-36(58-31)47-29-15-22(19-45)11-12-27(29)46-28/h11-12,15,21,23-26,30-34H,6-10,13-14,16-18,20H2,1-5H3,(H,48,55)(H,49,52)(H,50,54)/t21-,23+,24-,25+,26+,30-,31+,32+,33-,42-/m1/s1. The van der Waals surface area contributed by atoms with Crippen LogP contribution in [0.3, 0.4) is 0 Å². The van der Waals surface area contributed by atoms with E-state index >= 15 is 0 Å². The van der Waals surface area contributed by atoms with Crippen LogP contribution in [0.15, 0.2) is 18.2 Å². The van der Waals surface area contributed by atoms with E-state index in [1.54, 1.807) is 45.9 Å². The van der Waals surface area contributed by atoms with Gasteiger partial charge >= 0.3 is 6.09 Å². The second-order valence-electron chi connectivity index (χ2n) is 19.3. The molecule has 0 spiro atoms. The van der Waals surface area contributed by atoms with Crippen molar-refractivity contribution in [2.45, 2.75) is 140 Å². The van der Waals surface area contributed by atoms with Gasteiger partial charge in [0.05, 0.1) is 39.9 Å². The number of carbonyl (C=O) groups is 4. The topological polar surface area (TPSA) is 210 Å². The van der Waals surface area contributed by atoms with Gasteiger partial charge in [0, 0.05) is 5.92 Å². The van der Waals surface area contributed by atoms with E-state index in [1.807, 2.05) is 4.72 Å². The van der Waals surface area contributed by atoms with Gasteiger partial charge in [-0.1, -0.05) is 40.5 Å². The number of aromatic nitrogens is 2. The van der Waals surface area contributed by atoms with E-state index in [2.05, 4.69) is 16.7 Å². The van der Waals surface area contributed by atoms with Crippen molar-refractivity contribution < 1.29 is 45.9 Å². The Balaban J connectivity index is 1.15. The highest BCUT2D eigenvalue weighted by molar-refractivity contribution is 7.91. The van der Waals surface area contributed by atoms with Crippen molar-refractivity contribution in [2.24, 2.45) is 35.0 Å². The number of benzene rings is 1. The molecule has 4 aliphatic carbocycles. The molecule has 6 aliphatic rings. The summed E-state index contributed by atoms with van der Waals surface area (Å²) in [7, 11) is -4.25. The Morgan fingerprint density at radius 1 is 1.05 bits per heavy atom. The lowest BCUT2D eigenvalue weighted by molar-refractivity contribution is -0.143. The molecule has 3 heterocycles. The second-order valence-corrected chi connectivity index (χ2v) is 21.5. The summed E-state index contributed by atoms with van der Waals surface area (Å²) in [6, 6.07) is 4.41. The van der Waals surface area contributed by atoms with E-state index in [-0.39, 0.29) is 37.3 Å². The minimum Gasteiger partial charge on any atom is -0.471 e. The van der Waals surface area contributed by atoms with Gasteiger partial charge in [0.2, 0.25) is 34.1 Å². The molecule has 1 aromatic carbocycles. The number of ether oxygens (including phenoxy) is 2. The Labute approximate surface area is 348 Å². The van der Waals surface area contributed by atoms with E-state index in [9.17, 15) is 41.6 Å². The van der Waals surface area contributed by atoms with Crippen molar-refractivity contribution in [3.63, 3.8) is 0 Å². The Hall–Kier alpha value is -4.66. The summed E-state index contributed by atoms with van der Waals surface area (Å²) in [5, 5.41) is 14.9. The Morgan fingerprint density at radius 3 is 2.47 bits per heavy atom. The zero-order valence-electron chi connectivity index (χ0n) is 34.5. The van der Waals surface area contributed by atoms with Crippen molar-refractivity contribution in [3.05, 3.63) is 29.5 Å². The molecular weight excluding hydrogens is 801 g/mol.